The number of hydrogen-bond donors (Lipinski definition) is 1. The van der Waals surface area contributed by atoms with Gasteiger partial charge < -0.3 is 19.9 Å². The fourth-order valence-electron chi connectivity index (χ4n) is 4.93. The molecule has 0 saturated carbocycles. The molecule has 8 heteroatoms. The van der Waals surface area contributed by atoms with Crippen molar-refractivity contribution in [1.29, 1.82) is 0 Å². The number of rotatable bonds is 4. The number of fused-ring (bicyclic) bond motifs is 3. The molecule has 7 nitrogen and oxygen atoms in total. The van der Waals surface area contributed by atoms with Crippen molar-refractivity contribution in [1.82, 2.24) is 9.97 Å². The van der Waals surface area contributed by atoms with E-state index in [1.165, 1.54) is 0 Å². The van der Waals surface area contributed by atoms with Crippen LogP contribution < -0.4 is 15.2 Å². The van der Waals surface area contributed by atoms with Gasteiger partial charge in [0.2, 0.25) is 5.88 Å². The average molecular weight is 480 g/mol. The highest BCUT2D eigenvalue weighted by atomic mass is 35.5. The molecule has 0 spiro atoms. The predicted molar refractivity (Wildman–Crippen MR) is 130 cm³/mol. The first-order chi connectivity index (χ1) is 16.4. The molecule has 2 aromatic heterocycles. The Morgan fingerprint density at radius 3 is 2.79 bits per heavy atom. The van der Waals surface area contributed by atoms with Crippen LogP contribution in [0.25, 0.3) is 10.9 Å². The topological polar surface area (TPSA) is 96.6 Å². The number of benzene rings is 1. The second kappa shape index (κ2) is 8.80. The van der Waals surface area contributed by atoms with E-state index in [4.69, 9.17) is 36.5 Å². The van der Waals surface area contributed by atoms with Gasteiger partial charge in [0, 0.05) is 22.3 Å². The molecule has 0 saturated heterocycles. The van der Waals surface area contributed by atoms with Crippen molar-refractivity contribution in [3.05, 3.63) is 63.1 Å². The standard InChI is InChI=1S/C26H26ClN3O4/c1-4-33-26(31)20-13(2)34-25-22(23(28)16-7-5-6-8-19(16)30-25)21(20)17-12-14-11-15(32-3)9-10-18(14)29-24(17)27/h9-12,21H,4-8H2,1-3H3,(H2,28,30). The van der Waals surface area contributed by atoms with Gasteiger partial charge in [0.05, 0.1) is 36.3 Å². The lowest BCUT2D eigenvalue weighted by atomic mass is 9.80. The molecule has 34 heavy (non-hydrogen) atoms. The molecule has 176 valence electrons. The van der Waals surface area contributed by atoms with Crippen LogP contribution in [-0.2, 0) is 22.4 Å². The first-order valence-electron chi connectivity index (χ1n) is 11.4. The fraction of sp³-hybridized carbons (Fsp3) is 0.346. The quantitative estimate of drug-likeness (QED) is 0.410. The molecule has 2 aliphatic rings. The lowest BCUT2D eigenvalue weighted by molar-refractivity contribution is -0.139. The van der Waals surface area contributed by atoms with Crippen LogP contribution >= 0.6 is 11.6 Å². The van der Waals surface area contributed by atoms with E-state index in [0.717, 1.165) is 47.8 Å². The van der Waals surface area contributed by atoms with E-state index in [1.54, 1.807) is 21.0 Å². The zero-order chi connectivity index (χ0) is 24.0. The number of methoxy groups -OCH3 is 1. The largest absolute Gasteiger partial charge is 0.497 e. The van der Waals surface area contributed by atoms with Crippen LogP contribution in [0.4, 0.5) is 5.69 Å². The summed E-state index contributed by atoms with van der Waals surface area (Å²) in [5.74, 6) is 0.422. The second-order valence-electron chi connectivity index (χ2n) is 8.53. The van der Waals surface area contributed by atoms with Crippen molar-refractivity contribution in [2.75, 3.05) is 19.5 Å². The number of aromatic nitrogens is 2. The highest BCUT2D eigenvalue weighted by Crippen LogP contribution is 2.49. The van der Waals surface area contributed by atoms with Crippen molar-refractivity contribution < 1.29 is 19.0 Å². The van der Waals surface area contributed by atoms with Gasteiger partial charge in [-0.25, -0.2) is 14.8 Å². The maximum Gasteiger partial charge on any atom is 0.338 e. The van der Waals surface area contributed by atoms with E-state index in [0.29, 0.717) is 39.8 Å². The van der Waals surface area contributed by atoms with Gasteiger partial charge >= 0.3 is 5.97 Å². The number of hydrogen-bond acceptors (Lipinski definition) is 7. The van der Waals surface area contributed by atoms with Gasteiger partial charge in [-0.1, -0.05) is 11.6 Å². The number of carbonyl (C=O) groups excluding carboxylic acids is 1. The Morgan fingerprint density at radius 1 is 1.24 bits per heavy atom. The summed E-state index contributed by atoms with van der Waals surface area (Å²) in [6, 6.07) is 7.49. The minimum absolute atomic E-state index is 0.230. The monoisotopic (exact) mass is 479 g/mol. The van der Waals surface area contributed by atoms with Crippen LogP contribution in [0.1, 0.15) is 55.0 Å². The second-order valence-corrected chi connectivity index (χ2v) is 8.89. The number of allylic oxidation sites excluding steroid dienone is 1. The van der Waals surface area contributed by atoms with Crippen LogP contribution in [0.15, 0.2) is 35.6 Å². The third-order valence-electron chi connectivity index (χ3n) is 6.54. The first kappa shape index (κ1) is 22.5. The third kappa shape index (κ3) is 3.64. The Kier molecular flexibility index (Phi) is 5.81. The van der Waals surface area contributed by atoms with E-state index < -0.39 is 11.9 Å². The van der Waals surface area contributed by atoms with E-state index >= 15 is 0 Å². The summed E-state index contributed by atoms with van der Waals surface area (Å²) in [4.78, 5) is 22.6. The molecule has 1 unspecified atom stereocenters. The molecule has 0 amide bonds. The number of nitrogen functional groups attached to an aromatic ring is 1. The Morgan fingerprint density at radius 2 is 2.03 bits per heavy atom. The molecule has 1 aliphatic heterocycles. The van der Waals surface area contributed by atoms with E-state index in [2.05, 4.69) is 4.98 Å². The van der Waals surface area contributed by atoms with E-state index in [9.17, 15) is 4.79 Å². The van der Waals surface area contributed by atoms with Crippen LogP contribution in [-0.4, -0.2) is 29.7 Å². The Bertz CT molecular complexity index is 1350. The highest BCUT2D eigenvalue weighted by Gasteiger charge is 2.40. The first-order valence-corrected chi connectivity index (χ1v) is 11.8. The number of pyridine rings is 2. The number of halogens is 1. The lowest BCUT2D eigenvalue weighted by Crippen LogP contribution is -2.26. The molecule has 1 aromatic carbocycles. The predicted octanol–water partition coefficient (Wildman–Crippen LogP) is 5.11. The van der Waals surface area contributed by atoms with Gasteiger partial charge in [-0.05, 0) is 69.4 Å². The minimum Gasteiger partial charge on any atom is -0.497 e. The summed E-state index contributed by atoms with van der Waals surface area (Å²) in [7, 11) is 1.61. The lowest BCUT2D eigenvalue weighted by Gasteiger charge is -2.32. The van der Waals surface area contributed by atoms with Crippen molar-refractivity contribution >= 4 is 34.2 Å². The van der Waals surface area contributed by atoms with Crippen molar-refractivity contribution in [2.24, 2.45) is 0 Å². The van der Waals surface area contributed by atoms with Crippen LogP contribution in [0.2, 0.25) is 5.15 Å². The zero-order valence-electron chi connectivity index (χ0n) is 19.4. The molecule has 3 aromatic rings. The Balaban J connectivity index is 1.79. The van der Waals surface area contributed by atoms with E-state index in [-0.39, 0.29) is 11.8 Å². The number of esters is 1. The molecule has 2 N–H and O–H groups in total. The van der Waals surface area contributed by atoms with Crippen LogP contribution in [0.3, 0.4) is 0 Å². The minimum atomic E-state index is -0.627. The summed E-state index contributed by atoms with van der Waals surface area (Å²) in [5.41, 5.74) is 11.7. The molecular formula is C26H26ClN3O4. The van der Waals surface area contributed by atoms with Crippen molar-refractivity contribution in [3.63, 3.8) is 0 Å². The molecule has 5 rings (SSSR count). The maximum atomic E-state index is 13.2. The fourth-order valence-corrected chi connectivity index (χ4v) is 5.18. The summed E-state index contributed by atoms with van der Waals surface area (Å²) in [6.07, 6.45) is 3.80. The molecule has 0 radical (unpaired) electrons. The summed E-state index contributed by atoms with van der Waals surface area (Å²) in [6.45, 7) is 3.74. The third-order valence-corrected chi connectivity index (χ3v) is 6.84. The van der Waals surface area contributed by atoms with Gasteiger partial charge in [-0.15, -0.1) is 0 Å². The van der Waals surface area contributed by atoms with Crippen LogP contribution in [0, 0.1) is 0 Å². The molecule has 3 heterocycles. The Hall–Kier alpha value is -3.32. The van der Waals surface area contributed by atoms with Gasteiger partial charge in [0.25, 0.3) is 0 Å². The van der Waals surface area contributed by atoms with Crippen molar-refractivity contribution in [2.45, 2.75) is 45.4 Å². The van der Waals surface area contributed by atoms with Crippen LogP contribution in [0.5, 0.6) is 11.6 Å². The highest BCUT2D eigenvalue weighted by molar-refractivity contribution is 6.30. The number of anilines is 1. The summed E-state index contributed by atoms with van der Waals surface area (Å²) < 4.78 is 16.9. The number of nitrogens with zero attached hydrogens (tertiary/aromatic N) is 2. The number of aryl methyl sites for hydroxylation is 1. The number of ether oxygens (including phenoxy) is 3. The SMILES string of the molecule is CCOC(=O)C1=C(C)Oc2nc3c(c(N)c2C1c1cc2cc(OC)ccc2nc1Cl)CCCC3. The average Bonchev–Trinajstić information content (AvgIpc) is 2.83. The zero-order valence-corrected chi connectivity index (χ0v) is 20.2. The normalized spacial score (nSPS) is 17.1. The molecular weight excluding hydrogens is 454 g/mol. The smallest absolute Gasteiger partial charge is 0.338 e. The molecule has 0 bridgehead atoms. The number of carbonyl (C=O) groups is 1. The Labute approximate surface area is 202 Å². The summed E-state index contributed by atoms with van der Waals surface area (Å²) >= 11 is 6.75. The van der Waals surface area contributed by atoms with Gasteiger partial charge in [0.15, 0.2) is 0 Å². The molecule has 1 aliphatic carbocycles. The summed E-state index contributed by atoms with van der Waals surface area (Å²) in [5, 5.41) is 1.11. The van der Waals surface area contributed by atoms with Crippen molar-refractivity contribution in [3.8, 4) is 11.6 Å². The van der Waals surface area contributed by atoms with E-state index in [1.807, 2.05) is 24.3 Å². The maximum absolute atomic E-state index is 13.2. The van der Waals surface area contributed by atoms with Gasteiger partial charge in [-0.2, -0.15) is 0 Å². The van der Waals surface area contributed by atoms with Gasteiger partial charge in [0.1, 0.15) is 16.7 Å². The number of nitrogens with two attached hydrogens (primary N) is 1. The molecule has 0 fully saturated rings. The molecule has 1 atom stereocenters. The van der Waals surface area contributed by atoms with Gasteiger partial charge in [-0.3, -0.25) is 0 Å².